The molecule has 5 rings (SSSR count). The predicted molar refractivity (Wildman–Crippen MR) is 122 cm³/mol. The summed E-state index contributed by atoms with van der Waals surface area (Å²) in [4.78, 5) is 17.2. The molecule has 2 aromatic heterocycles. The quantitative estimate of drug-likeness (QED) is 0.573. The van der Waals surface area contributed by atoms with E-state index in [9.17, 15) is 4.79 Å². The summed E-state index contributed by atoms with van der Waals surface area (Å²) in [5.74, 6) is 2.97. The maximum Gasteiger partial charge on any atom is 0.343 e. The average Bonchev–Trinajstić information content (AvgIpc) is 2.76. The maximum atomic E-state index is 13.1. The number of nitrogens with zero attached hydrogens (tertiary/aromatic N) is 1. The molecule has 4 heteroatoms. The van der Waals surface area contributed by atoms with Gasteiger partial charge in [-0.2, -0.15) is 0 Å². The zero-order valence-electron chi connectivity index (χ0n) is 19.5. The first kappa shape index (κ1) is 20.8. The van der Waals surface area contributed by atoms with Crippen LogP contribution in [0.4, 0.5) is 0 Å². The molecule has 1 aliphatic heterocycles. The third-order valence-corrected chi connectivity index (χ3v) is 9.76. The number of hydrogen-bond acceptors (Lipinski definition) is 4. The minimum Gasteiger partial charge on any atom is -0.487 e. The Hall–Kier alpha value is -2.10. The van der Waals surface area contributed by atoms with Crippen molar-refractivity contribution in [3.05, 3.63) is 46.6 Å². The maximum absolute atomic E-state index is 13.1. The lowest BCUT2D eigenvalue weighted by Gasteiger charge is -2.65. The molecule has 4 nitrogen and oxygen atoms in total. The first-order valence-corrected chi connectivity index (χ1v) is 12.0. The first-order valence-electron chi connectivity index (χ1n) is 12.0. The number of fused-ring (bicyclic) bond motifs is 4. The molecule has 3 unspecified atom stereocenters. The van der Waals surface area contributed by atoms with Gasteiger partial charge in [-0.3, -0.25) is 4.98 Å². The highest BCUT2D eigenvalue weighted by atomic mass is 16.5. The van der Waals surface area contributed by atoms with Gasteiger partial charge in [0, 0.05) is 29.9 Å². The molecule has 0 radical (unpaired) electrons. The highest BCUT2D eigenvalue weighted by Gasteiger charge is 2.62. The van der Waals surface area contributed by atoms with E-state index in [1.807, 2.05) is 18.2 Å². The number of ether oxygens (including phenoxy) is 1. The van der Waals surface area contributed by atoms with Crippen LogP contribution in [-0.2, 0) is 6.42 Å². The van der Waals surface area contributed by atoms with E-state index in [0.29, 0.717) is 34.3 Å². The van der Waals surface area contributed by atoms with Gasteiger partial charge in [-0.15, -0.1) is 0 Å². The van der Waals surface area contributed by atoms with Crippen LogP contribution in [0.1, 0.15) is 72.3 Å². The van der Waals surface area contributed by atoms with Crippen LogP contribution >= 0.6 is 0 Å². The van der Waals surface area contributed by atoms with Gasteiger partial charge in [-0.25, -0.2) is 4.79 Å². The predicted octanol–water partition coefficient (Wildman–Crippen LogP) is 6.27. The van der Waals surface area contributed by atoms with Crippen molar-refractivity contribution >= 4 is 0 Å². The summed E-state index contributed by atoms with van der Waals surface area (Å²) in [5.41, 5.74) is 1.54. The van der Waals surface area contributed by atoms with Gasteiger partial charge in [0.1, 0.15) is 17.1 Å². The molecule has 2 aliphatic carbocycles. The summed E-state index contributed by atoms with van der Waals surface area (Å²) in [6, 6.07) is 5.67. The normalized spacial score (nSPS) is 39.1. The van der Waals surface area contributed by atoms with E-state index in [2.05, 4.69) is 39.6 Å². The number of pyridine rings is 1. The van der Waals surface area contributed by atoms with Gasteiger partial charge in [-0.05, 0) is 73.8 Å². The van der Waals surface area contributed by atoms with Crippen molar-refractivity contribution in [1.29, 1.82) is 0 Å². The van der Waals surface area contributed by atoms with Crippen LogP contribution in [0.25, 0.3) is 11.3 Å². The topological polar surface area (TPSA) is 52.3 Å². The molecule has 0 aromatic carbocycles. The third kappa shape index (κ3) is 2.93. The van der Waals surface area contributed by atoms with Gasteiger partial charge in [-0.1, -0.05) is 34.1 Å². The van der Waals surface area contributed by atoms with Gasteiger partial charge in [0.15, 0.2) is 0 Å². The largest absolute Gasteiger partial charge is 0.487 e. The molecule has 3 heterocycles. The highest BCUT2D eigenvalue weighted by Crippen LogP contribution is 2.66. The molecule has 3 aliphatic rings. The molecule has 0 bridgehead atoms. The minimum absolute atomic E-state index is 0.177. The Morgan fingerprint density at radius 2 is 1.97 bits per heavy atom. The summed E-state index contributed by atoms with van der Waals surface area (Å²) >= 11 is 0. The fourth-order valence-electron chi connectivity index (χ4n) is 7.55. The van der Waals surface area contributed by atoms with E-state index in [-0.39, 0.29) is 16.6 Å². The van der Waals surface area contributed by atoms with Crippen molar-refractivity contribution in [2.45, 2.75) is 78.7 Å². The van der Waals surface area contributed by atoms with Gasteiger partial charge >= 0.3 is 5.63 Å². The van der Waals surface area contributed by atoms with Crippen LogP contribution in [0.3, 0.4) is 0 Å². The summed E-state index contributed by atoms with van der Waals surface area (Å²) in [7, 11) is 0. The minimum atomic E-state index is -0.258. The van der Waals surface area contributed by atoms with Crippen LogP contribution in [0.15, 0.2) is 39.8 Å². The molecule has 166 valence electrons. The lowest BCUT2D eigenvalue weighted by atomic mass is 9.42. The molecule has 2 aromatic rings. The van der Waals surface area contributed by atoms with Crippen molar-refractivity contribution in [2.75, 3.05) is 0 Å². The molecule has 31 heavy (non-hydrogen) atoms. The number of hydrogen-bond donors (Lipinski definition) is 0. The van der Waals surface area contributed by atoms with Crippen LogP contribution in [-0.4, -0.2) is 10.6 Å². The summed E-state index contributed by atoms with van der Waals surface area (Å²) < 4.78 is 12.5. The second kappa shape index (κ2) is 6.95. The van der Waals surface area contributed by atoms with Crippen LogP contribution in [0.5, 0.6) is 5.75 Å². The summed E-state index contributed by atoms with van der Waals surface area (Å²) in [6.45, 7) is 12.1. The van der Waals surface area contributed by atoms with Gasteiger partial charge < -0.3 is 9.15 Å². The van der Waals surface area contributed by atoms with Crippen LogP contribution in [0.2, 0.25) is 0 Å². The molecule has 0 spiro atoms. The number of aromatic nitrogens is 1. The fraction of sp³-hybridized carbons (Fsp3) is 0.630. The molecule has 2 fully saturated rings. The molecule has 6 atom stereocenters. The van der Waals surface area contributed by atoms with E-state index in [4.69, 9.17) is 9.15 Å². The SMILES string of the molecule is CCC1(C)C2CC[C@@]3(C)Oc4cc(-c5cccnc5)oc(=O)c4CC3[C@@]2(C)CC[C@@H]1C. The zero-order chi connectivity index (χ0) is 22.0. The Bertz CT molecular complexity index is 1050. The lowest BCUT2D eigenvalue weighted by Crippen LogP contribution is -2.63. The van der Waals surface area contributed by atoms with E-state index in [1.165, 1.54) is 25.7 Å². The zero-order valence-corrected chi connectivity index (χ0v) is 19.5. The van der Waals surface area contributed by atoms with Crippen molar-refractivity contribution in [3.8, 4) is 17.1 Å². The summed E-state index contributed by atoms with van der Waals surface area (Å²) in [5, 5.41) is 0. The van der Waals surface area contributed by atoms with E-state index in [0.717, 1.165) is 24.3 Å². The molecule has 2 saturated carbocycles. The highest BCUT2D eigenvalue weighted by molar-refractivity contribution is 5.58. The molecule has 0 saturated heterocycles. The van der Waals surface area contributed by atoms with Crippen molar-refractivity contribution in [3.63, 3.8) is 0 Å². The van der Waals surface area contributed by atoms with Crippen molar-refractivity contribution in [1.82, 2.24) is 4.98 Å². The molecule has 0 N–H and O–H groups in total. The van der Waals surface area contributed by atoms with Crippen LogP contribution < -0.4 is 10.4 Å². The summed E-state index contributed by atoms with van der Waals surface area (Å²) in [6.07, 6.45) is 10.1. The Balaban J connectivity index is 1.57. The monoisotopic (exact) mass is 421 g/mol. The number of rotatable bonds is 2. The van der Waals surface area contributed by atoms with Crippen LogP contribution in [0, 0.1) is 28.6 Å². The van der Waals surface area contributed by atoms with Crippen molar-refractivity contribution < 1.29 is 9.15 Å². The second-order valence-corrected chi connectivity index (χ2v) is 11.1. The Morgan fingerprint density at radius 3 is 2.68 bits per heavy atom. The van der Waals surface area contributed by atoms with E-state index >= 15 is 0 Å². The van der Waals surface area contributed by atoms with Gasteiger partial charge in [0.05, 0.1) is 5.56 Å². The average molecular weight is 422 g/mol. The Kier molecular flexibility index (Phi) is 4.66. The van der Waals surface area contributed by atoms with E-state index < -0.39 is 0 Å². The van der Waals surface area contributed by atoms with Crippen molar-refractivity contribution in [2.24, 2.45) is 28.6 Å². The Morgan fingerprint density at radius 1 is 1.16 bits per heavy atom. The lowest BCUT2D eigenvalue weighted by molar-refractivity contribution is -0.181. The van der Waals surface area contributed by atoms with Gasteiger partial charge in [0.2, 0.25) is 0 Å². The molecular weight excluding hydrogens is 386 g/mol. The molecular formula is C27H35NO3. The van der Waals surface area contributed by atoms with E-state index in [1.54, 1.807) is 12.4 Å². The standard InChI is InChI=1S/C27H35NO3/c1-6-25(3)17(2)9-11-26(4)22(25)10-12-27(5)23(26)14-19-21(31-27)15-20(30-24(19)29)18-8-7-13-28-16-18/h7-8,13,15-17,22-23H,6,9-12,14H2,1-5H3/t17-,22?,23?,25?,26-,27+/m0/s1. The van der Waals surface area contributed by atoms with Gasteiger partial charge in [0.25, 0.3) is 0 Å². The fourth-order valence-corrected chi connectivity index (χ4v) is 7.55. The first-order chi connectivity index (χ1) is 14.7. The Labute approximate surface area is 185 Å². The smallest absolute Gasteiger partial charge is 0.343 e. The third-order valence-electron chi connectivity index (χ3n) is 9.76. The molecule has 0 amide bonds. The second-order valence-electron chi connectivity index (χ2n) is 11.1.